The molecule has 1 saturated heterocycles. The van der Waals surface area contributed by atoms with Gasteiger partial charge in [0, 0.05) is 37.6 Å². The van der Waals surface area contributed by atoms with Crippen LogP contribution in [0, 0.1) is 0 Å². The van der Waals surface area contributed by atoms with Gasteiger partial charge in [0.1, 0.15) is 11.2 Å². The number of nitrogens with zero attached hydrogens (tertiary/aromatic N) is 4. The highest BCUT2D eigenvalue weighted by atomic mass is 16.2. The van der Waals surface area contributed by atoms with Gasteiger partial charge in [0.2, 0.25) is 0 Å². The number of fused-ring (bicyclic) bond motifs is 1. The van der Waals surface area contributed by atoms with E-state index in [2.05, 4.69) is 9.97 Å². The number of aromatic nitrogens is 3. The van der Waals surface area contributed by atoms with Crippen molar-refractivity contribution < 1.29 is 4.79 Å². The Labute approximate surface area is 151 Å². The molecular weight excluding hydrogens is 328 g/mol. The maximum Gasteiger partial charge on any atom is 0.264 e. The number of hydrogen-bond acceptors (Lipinski definition) is 4. The van der Waals surface area contributed by atoms with E-state index in [0.717, 1.165) is 30.2 Å². The smallest absolute Gasteiger partial charge is 0.264 e. The van der Waals surface area contributed by atoms with E-state index in [1.807, 2.05) is 23.1 Å². The first-order chi connectivity index (χ1) is 12.7. The lowest BCUT2D eigenvalue weighted by molar-refractivity contribution is 0.0609. The van der Waals surface area contributed by atoms with Gasteiger partial charge in [0.15, 0.2) is 0 Å². The molecule has 0 N–H and O–H groups in total. The number of amides is 1. The average molecular weight is 348 g/mol. The van der Waals surface area contributed by atoms with E-state index >= 15 is 0 Å². The molecule has 1 atom stereocenters. The van der Waals surface area contributed by atoms with Gasteiger partial charge in [-0.2, -0.15) is 0 Å². The summed E-state index contributed by atoms with van der Waals surface area (Å²) in [6.07, 6.45) is 8.06. The summed E-state index contributed by atoms with van der Waals surface area (Å²) >= 11 is 0. The summed E-state index contributed by atoms with van der Waals surface area (Å²) in [5.41, 5.74) is 1.48. The molecule has 3 aromatic heterocycles. The molecule has 132 valence electrons. The van der Waals surface area contributed by atoms with Crippen molar-refractivity contribution in [3.8, 4) is 0 Å². The van der Waals surface area contributed by atoms with Crippen molar-refractivity contribution in [2.45, 2.75) is 25.3 Å². The summed E-state index contributed by atoms with van der Waals surface area (Å²) in [4.78, 5) is 36.3. The van der Waals surface area contributed by atoms with E-state index < -0.39 is 0 Å². The standard InChI is InChI=1S/C20H20N4O2/c1-23-18-14(6-5-10-22-18)12-16(19(23)25)20(26)24-11-3-2-8-17(24)15-7-4-9-21-13-15/h4-7,9-10,12-13,17H,2-3,8,11H2,1H3. The molecule has 6 heteroatoms. The number of carbonyl (C=O) groups excluding carboxylic acids is 1. The second-order valence-corrected chi connectivity index (χ2v) is 6.63. The maximum absolute atomic E-state index is 13.3. The zero-order valence-electron chi connectivity index (χ0n) is 14.6. The molecular formula is C20H20N4O2. The maximum atomic E-state index is 13.3. The Morgan fingerprint density at radius 1 is 1.19 bits per heavy atom. The molecule has 26 heavy (non-hydrogen) atoms. The van der Waals surface area contributed by atoms with E-state index in [1.165, 1.54) is 4.57 Å². The van der Waals surface area contributed by atoms with Crippen LogP contribution in [0.2, 0.25) is 0 Å². The third-order valence-electron chi connectivity index (χ3n) is 5.03. The third-order valence-corrected chi connectivity index (χ3v) is 5.03. The number of carbonyl (C=O) groups is 1. The quantitative estimate of drug-likeness (QED) is 0.714. The lowest BCUT2D eigenvalue weighted by Crippen LogP contribution is -2.41. The van der Waals surface area contributed by atoms with Gasteiger partial charge in [-0.05, 0) is 49.1 Å². The van der Waals surface area contributed by atoms with Gasteiger partial charge < -0.3 is 4.90 Å². The number of piperidine rings is 1. The zero-order chi connectivity index (χ0) is 18.1. The SMILES string of the molecule is Cn1c(=O)c(C(=O)N2CCCCC2c2cccnc2)cc2cccnc21. The lowest BCUT2D eigenvalue weighted by Gasteiger charge is -2.36. The topological polar surface area (TPSA) is 68.1 Å². The van der Waals surface area contributed by atoms with Crippen molar-refractivity contribution in [3.05, 3.63) is 70.4 Å². The number of rotatable bonds is 2. The minimum atomic E-state index is -0.309. The fraction of sp³-hybridized carbons (Fsp3) is 0.300. The molecule has 1 amide bonds. The Bertz CT molecular complexity index is 1010. The van der Waals surface area contributed by atoms with Gasteiger partial charge >= 0.3 is 0 Å². The molecule has 1 unspecified atom stereocenters. The highest BCUT2D eigenvalue weighted by Gasteiger charge is 2.30. The minimum absolute atomic E-state index is 0.0424. The summed E-state index contributed by atoms with van der Waals surface area (Å²) in [6.45, 7) is 0.645. The van der Waals surface area contributed by atoms with E-state index in [-0.39, 0.29) is 23.1 Å². The fourth-order valence-corrected chi connectivity index (χ4v) is 3.70. The normalized spacial score (nSPS) is 17.4. The predicted octanol–water partition coefficient (Wildman–Crippen LogP) is 2.70. The van der Waals surface area contributed by atoms with Gasteiger partial charge in [-0.15, -0.1) is 0 Å². The molecule has 0 aromatic carbocycles. The van der Waals surface area contributed by atoms with Crippen LogP contribution in [0.1, 0.15) is 41.2 Å². The first kappa shape index (κ1) is 16.4. The lowest BCUT2D eigenvalue weighted by atomic mass is 9.95. The van der Waals surface area contributed by atoms with Crippen LogP contribution in [0.3, 0.4) is 0 Å². The molecule has 1 aliphatic heterocycles. The van der Waals surface area contributed by atoms with Crippen molar-refractivity contribution >= 4 is 16.9 Å². The second kappa shape index (κ2) is 6.71. The van der Waals surface area contributed by atoms with Crippen LogP contribution in [0.15, 0.2) is 53.7 Å². The monoisotopic (exact) mass is 348 g/mol. The number of aryl methyl sites for hydroxylation is 1. The molecule has 0 saturated carbocycles. The zero-order valence-corrected chi connectivity index (χ0v) is 14.6. The van der Waals surface area contributed by atoms with Crippen LogP contribution >= 0.6 is 0 Å². The molecule has 1 aliphatic rings. The number of pyridine rings is 3. The van der Waals surface area contributed by atoms with E-state index in [4.69, 9.17) is 0 Å². The summed E-state index contributed by atoms with van der Waals surface area (Å²) in [5, 5.41) is 0.785. The Balaban J connectivity index is 1.78. The van der Waals surface area contributed by atoms with Gasteiger partial charge in [-0.1, -0.05) is 6.07 Å². The van der Waals surface area contributed by atoms with Crippen LogP contribution in [0.5, 0.6) is 0 Å². The first-order valence-corrected chi connectivity index (χ1v) is 8.82. The van der Waals surface area contributed by atoms with E-state index in [0.29, 0.717) is 12.2 Å². The van der Waals surface area contributed by atoms with Crippen molar-refractivity contribution in [3.63, 3.8) is 0 Å². The van der Waals surface area contributed by atoms with Crippen LogP contribution < -0.4 is 5.56 Å². The molecule has 0 aliphatic carbocycles. The van der Waals surface area contributed by atoms with Crippen LogP contribution in [0.4, 0.5) is 0 Å². The van der Waals surface area contributed by atoms with E-state index in [9.17, 15) is 9.59 Å². The number of likely N-dealkylation sites (tertiary alicyclic amines) is 1. The molecule has 0 radical (unpaired) electrons. The molecule has 4 heterocycles. The van der Waals surface area contributed by atoms with Gasteiger partial charge in [0.05, 0.1) is 6.04 Å². The minimum Gasteiger partial charge on any atom is -0.331 e. The Morgan fingerprint density at radius 3 is 2.85 bits per heavy atom. The van der Waals surface area contributed by atoms with Crippen LogP contribution in [0.25, 0.3) is 11.0 Å². The third kappa shape index (κ3) is 2.77. The first-order valence-electron chi connectivity index (χ1n) is 8.82. The summed E-state index contributed by atoms with van der Waals surface area (Å²) < 4.78 is 1.45. The molecule has 4 rings (SSSR count). The van der Waals surface area contributed by atoms with E-state index in [1.54, 1.807) is 37.8 Å². The Hall–Kier alpha value is -3.02. The van der Waals surface area contributed by atoms with Crippen molar-refractivity contribution in [2.24, 2.45) is 7.05 Å². The number of hydrogen-bond donors (Lipinski definition) is 0. The van der Waals surface area contributed by atoms with Gasteiger partial charge in [-0.25, -0.2) is 4.98 Å². The van der Waals surface area contributed by atoms with Crippen molar-refractivity contribution in [2.75, 3.05) is 6.54 Å². The Morgan fingerprint density at radius 2 is 2.04 bits per heavy atom. The highest BCUT2D eigenvalue weighted by Crippen LogP contribution is 2.31. The van der Waals surface area contributed by atoms with Crippen LogP contribution in [-0.2, 0) is 7.05 Å². The van der Waals surface area contributed by atoms with Crippen molar-refractivity contribution in [1.29, 1.82) is 0 Å². The molecule has 6 nitrogen and oxygen atoms in total. The highest BCUT2D eigenvalue weighted by molar-refractivity contribution is 5.97. The molecule has 0 spiro atoms. The van der Waals surface area contributed by atoms with Gasteiger partial charge in [-0.3, -0.25) is 19.1 Å². The summed E-state index contributed by atoms with van der Waals surface area (Å²) in [7, 11) is 1.66. The molecule has 1 fully saturated rings. The molecule has 3 aromatic rings. The average Bonchev–Trinajstić information content (AvgIpc) is 2.71. The Kier molecular flexibility index (Phi) is 4.24. The van der Waals surface area contributed by atoms with Crippen LogP contribution in [-0.4, -0.2) is 31.9 Å². The summed E-state index contributed by atoms with van der Waals surface area (Å²) in [5.74, 6) is -0.218. The molecule has 0 bridgehead atoms. The largest absolute Gasteiger partial charge is 0.331 e. The fourth-order valence-electron chi connectivity index (χ4n) is 3.70. The van der Waals surface area contributed by atoms with Gasteiger partial charge in [0.25, 0.3) is 11.5 Å². The predicted molar refractivity (Wildman–Crippen MR) is 98.8 cm³/mol. The second-order valence-electron chi connectivity index (χ2n) is 6.63. The van der Waals surface area contributed by atoms with Crippen molar-refractivity contribution in [1.82, 2.24) is 19.4 Å². The summed E-state index contributed by atoms with van der Waals surface area (Å²) in [6, 6.07) is 9.17.